The van der Waals surface area contributed by atoms with Crippen LogP contribution in [0.4, 0.5) is 0 Å². The third-order valence-corrected chi connectivity index (χ3v) is 22.4. The number of unbranched alkanes of at least 4 members (excludes halogenated alkanes) is 66. The van der Waals surface area contributed by atoms with Gasteiger partial charge in [0.15, 0.2) is 0 Å². The predicted octanol–water partition coefficient (Wildman–Crippen LogP) is 36.2. The molecule has 1 aliphatic rings. The van der Waals surface area contributed by atoms with Gasteiger partial charge in [-0.2, -0.15) is 12.8 Å². The normalized spacial score (nSPS) is 12.0. The molecular weight excluding hydrogens is 1300 g/mol. The fourth-order valence-electron chi connectivity index (χ4n) is 15.5. The summed E-state index contributed by atoms with van der Waals surface area (Å²) >= 11 is 0. The Balaban J connectivity index is 0.00000165. The largest absolute Gasteiger partial charge is 2.00 e. The van der Waals surface area contributed by atoms with Gasteiger partial charge in [-0.25, -0.2) is 4.70 Å². The first-order chi connectivity index (χ1) is 51.0. The Morgan fingerprint density at radius 3 is 0.760 bits per heavy atom. The SMILES string of the molecule is CCCCCCCCCCCCCCCC#CC1=C(c2cccc(CCCCC)c2)[N+](=[N-])C(c2cccc(CCCCC)c2)=C1CCCC.[CH2-]CCCCCCCCCCCCCCCCCCCCCCCCCC.[CH2-]CCCCCCCCCCCCCCCCCCCCCCCCCC.[Ni+2]. The van der Waals surface area contributed by atoms with E-state index in [0.717, 1.165) is 85.9 Å². The Labute approximate surface area is 664 Å². The van der Waals surface area contributed by atoms with Gasteiger partial charge in [-0.3, -0.25) is 0 Å². The summed E-state index contributed by atoms with van der Waals surface area (Å²) in [5.74, 6) is 7.25. The molecule has 2 aromatic rings. The Bertz CT molecular complexity index is 2120. The van der Waals surface area contributed by atoms with E-state index in [0.29, 0.717) is 0 Å². The molecule has 0 spiro atoms. The van der Waals surface area contributed by atoms with Gasteiger partial charge in [0.2, 0.25) is 11.4 Å². The van der Waals surface area contributed by atoms with Crippen LogP contribution >= 0.6 is 0 Å². The van der Waals surface area contributed by atoms with E-state index in [1.54, 1.807) is 0 Å². The smallest absolute Gasteiger partial charge is 0.493 e. The number of aryl methyl sites for hydroxylation is 2. The molecule has 3 heteroatoms. The average molecular weight is 1480 g/mol. The zero-order valence-electron chi connectivity index (χ0n) is 71.3. The van der Waals surface area contributed by atoms with E-state index >= 15 is 0 Å². The van der Waals surface area contributed by atoms with E-state index in [2.05, 4.69) is 116 Å². The summed E-state index contributed by atoms with van der Waals surface area (Å²) in [6.07, 6.45) is 104. The van der Waals surface area contributed by atoms with Crippen molar-refractivity contribution in [2.24, 2.45) is 0 Å². The minimum Gasteiger partial charge on any atom is -0.493 e. The van der Waals surface area contributed by atoms with E-state index in [1.165, 1.54) is 445 Å². The monoisotopic (exact) mass is 1480 g/mol. The van der Waals surface area contributed by atoms with Crippen LogP contribution in [0.3, 0.4) is 0 Å². The minimum atomic E-state index is 0. The molecule has 0 amide bonds. The molecule has 0 radical (unpaired) electrons. The molecule has 0 bridgehead atoms. The molecular formula is C101H180N2Ni. The summed E-state index contributed by atoms with van der Waals surface area (Å²) in [5, 5.41) is 0. The Morgan fingerprint density at radius 1 is 0.269 bits per heavy atom. The number of benzene rings is 2. The summed E-state index contributed by atoms with van der Waals surface area (Å²) in [6, 6.07) is 17.8. The van der Waals surface area contributed by atoms with E-state index in [-0.39, 0.29) is 16.5 Å². The second-order valence-electron chi connectivity index (χ2n) is 32.5. The molecule has 0 saturated carbocycles. The third-order valence-electron chi connectivity index (χ3n) is 22.4. The maximum absolute atomic E-state index is 12.1. The van der Waals surface area contributed by atoms with Crippen molar-refractivity contribution in [1.29, 1.82) is 0 Å². The molecule has 0 N–H and O–H groups in total. The van der Waals surface area contributed by atoms with Crippen LogP contribution in [0.2, 0.25) is 0 Å². The summed E-state index contributed by atoms with van der Waals surface area (Å²) < 4.78 is 1.50. The number of allylic oxidation sites excluding steroid dienone is 2. The van der Waals surface area contributed by atoms with Crippen molar-refractivity contribution in [3.8, 4) is 11.8 Å². The van der Waals surface area contributed by atoms with Crippen molar-refractivity contribution in [3.63, 3.8) is 0 Å². The zero-order chi connectivity index (χ0) is 74.3. The zero-order valence-corrected chi connectivity index (χ0v) is 72.3. The van der Waals surface area contributed by atoms with Crippen molar-refractivity contribution in [3.05, 3.63) is 101 Å². The molecule has 1 aliphatic heterocycles. The fourth-order valence-corrected chi connectivity index (χ4v) is 15.5. The van der Waals surface area contributed by atoms with E-state index in [1.807, 2.05) is 0 Å². The second kappa shape index (κ2) is 83.1. The minimum absolute atomic E-state index is 0. The second-order valence-corrected chi connectivity index (χ2v) is 32.5. The molecule has 604 valence electrons. The van der Waals surface area contributed by atoms with Crippen molar-refractivity contribution < 1.29 is 21.2 Å². The van der Waals surface area contributed by atoms with E-state index in [9.17, 15) is 5.53 Å². The quantitative estimate of drug-likeness (QED) is 0.0207. The van der Waals surface area contributed by atoms with Crippen LogP contribution in [0.1, 0.15) is 533 Å². The average Bonchev–Trinajstić information content (AvgIpc) is 1.61. The fraction of sp³-hybridized carbons (Fsp3) is 0.802. The predicted molar refractivity (Wildman–Crippen MR) is 467 cm³/mol. The molecule has 1 heterocycles. The third kappa shape index (κ3) is 62.3. The number of hydrogen-bond acceptors (Lipinski definition) is 0. The van der Waals surface area contributed by atoms with Gasteiger partial charge in [-0.05, 0) is 80.3 Å². The molecule has 3 rings (SSSR count). The van der Waals surface area contributed by atoms with E-state index < -0.39 is 0 Å². The maximum Gasteiger partial charge on any atom is 2.00 e. The summed E-state index contributed by atoms with van der Waals surface area (Å²) in [6.45, 7) is 21.5. The molecule has 2 aromatic carbocycles. The molecule has 0 fully saturated rings. The number of nitrogens with zero attached hydrogens (tertiary/aromatic N) is 2. The molecule has 0 unspecified atom stereocenters. The Hall–Kier alpha value is -2.43. The Morgan fingerprint density at radius 2 is 0.500 bits per heavy atom. The van der Waals surface area contributed by atoms with Gasteiger partial charge in [0.05, 0.1) is 0 Å². The van der Waals surface area contributed by atoms with Gasteiger partial charge in [0.25, 0.3) is 0 Å². The molecule has 0 atom stereocenters. The van der Waals surface area contributed by atoms with Crippen molar-refractivity contribution >= 4 is 11.4 Å². The van der Waals surface area contributed by atoms with Crippen molar-refractivity contribution in [2.75, 3.05) is 0 Å². The van der Waals surface area contributed by atoms with Gasteiger partial charge in [-0.15, -0.1) is 0 Å². The van der Waals surface area contributed by atoms with Gasteiger partial charge in [0.1, 0.15) is 5.57 Å². The van der Waals surface area contributed by atoms with Gasteiger partial charge < -0.3 is 19.4 Å². The van der Waals surface area contributed by atoms with Gasteiger partial charge >= 0.3 is 16.5 Å². The summed E-state index contributed by atoms with van der Waals surface area (Å²) in [7, 11) is 0. The van der Waals surface area contributed by atoms with Gasteiger partial charge in [-0.1, -0.05) is 495 Å². The van der Waals surface area contributed by atoms with Crippen molar-refractivity contribution in [2.45, 2.75) is 523 Å². The molecule has 0 aromatic heterocycles. The Kier molecular flexibility index (Phi) is 81.1. The maximum atomic E-state index is 12.1. The van der Waals surface area contributed by atoms with E-state index in [4.69, 9.17) is 0 Å². The van der Waals surface area contributed by atoms with Crippen molar-refractivity contribution in [1.82, 2.24) is 0 Å². The summed E-state index contributed by atoms with van der Waals surface area (Å²) in [5.41, 5.74) is 21.0. The van der Waals surface area contributed by atoms with Crippen LogP contribution < -0.4 is 0 Å². The van der Waals surface area contributed by atoms with Crippen LogP contribution in [0.25, 0.3) is 16.9 Å². The first kappa shape index (κ1) is 102. The molecule has 104 heavy (non-hydrogen) atoms. The van der Waals surface area contributed by atoms with Crippen LogP contribution in [0.15, 0.2) is 59.7 Å². The number of rotatable bonds is 74. The number of hydrogen-bond donors (Lipinski definition) is 0. The van der Waals surface area contributed by atoms with Crippen LogP contribution in [0.5, 0.6) is 0 Å². The van der Waals surface area contributed by atoms with Crippen LogP contribution in [-0.4, -0.2) is 4.70 Å². The molecule has 0 saturated heterocycles. The first-order valence-corrected chi connectivity index (χ1v) is 47.2. The molecule has 0 aliphatic carbocycles. The van der Waals surface area contributed by atoms with Crippen LogP contribution in [0, 0.1) is 25.7 Å². The topological polar surface area (TPSA) is 25.3 Å². The first-order valence-electron chi connectivity index (χ1n) is 47.2. The van der Waals surface area contributed by atoms with Crippen LogP contribution in [-0.2, 0) is 29.3 Å². The van der Waals surface area contributed by atoms with Gasteiger partial charge in [0, 0.05) is 23.1 Å². The summed E-state index contributed by atoms with van der Waals surface area (Å²) in [4.78, 5) is 0. The standard InChI is InChI=1S/C47H70N2.2C27H55.Ni/c1-5-9-13-14-15-16-17-18-19-20-21-22-23-24-27-37-45-44(36-12-8-4)46(42-34-28-32-40(38-42)30-25-10-6-2)49(48)47(45)43-35-29-33-41(39-43)31-26-11-7-3;2*1-3-5-7-9-11-13-15-17-19-21-23-25-27-26-24-22-20-18-16-14-12-10-8-6-4-2;/h28-29,32-35,38-39H,5-26,30-31,36H2,1-4H3;2*1,3-27H2,2H3;/q;2*-1;+2. The molecule has 2 nitrogen and oxygen atoms in total.